The zero-order chi connectivity index (χ0) is 14.8. The number of rotatable bonds is 5. The van der Waals surface area contributed by atoms with Crippen molar-refractivity contribution >= 4 is 22.9 Å². The second-order valence-corrected chi connectivity index (χ2v) is 6.57. The van der Waals surface area contributed by atoms with Gasteiger partial charge >= 0.3 is 6.18 Å². The standard InChI is InChI=1S/C12H18ClF3N2S/c1-7(2)18(6-12(14,15)16)11(8(3)17)9-4-5-10(13)19-9/h4-5,7-8,11H,6,17H2,1-3H3. The van der Waals surface area contributed by atoms with Crippen LogP contribution < -0.4 is 5.73 Å². The highest BCUT2D eigenvalue weighted by Crippen LogP contribution is 2.35. The van der Waals surface area contributed by atoms with Gasteiger partial charge in [0.15, 0.2) is 0 Å². The zero-order valence-corrected chi connectivity index (χ0v) is 12.6. The predicted molar refractivity (Wildman–Crippen MR) is 73.6 cm³/mol. The third-order valence-electron chi connectivity index (χ3n) is 2.77. The Balaban J connectivity index is 3.06. The van der Waals surface area contributed by atoms with Gasteiger partial charge in [-0.3, -0.25) is 4.90 Å². The summed E-state index contributed by atoms with van der Waals surface area (Å²) in [4.78, 5) is 2.13. The summed E-state index contributed by atoms with van der Waals surface area (Å²) in [5.74, 6) is 0. The molecule has 0 aliphatic heterocycles. The van der Waals surface area contributed by atoms with Gasteiger partial charge in [0.25, 0.3) is 0 Å². The molecule has 0 aromatic carbocycles. The van der Waals surface area contributed by atoms with E-state index in [1.165, 1.54) is 16.2 Å². The number of nitrogens with zero attached hydrogens (tertiary/aromatic N) is 1. The normalized spacial score (nSPS) is 16.1. The second kappa shape index (κ2) is 6.43. The molecule has 0 fully saturated rings. The number of thiophene rings is 1. The van der Waals surface area contributed by atoms with Crippen molar-refractivity contribution in [2.45, 2.75) is 45.1 Å². The number of hydrogen-bond acceptors (Lipinski definition) is 3. The molecule has 1 rings (SSSR count). The first-order chi connectivity index (χ1) is 8.61. The molecule has 2 N–H and O–H groups in total. The highest BCUT2D eigenvalue weighted by molar-refractivity contribution is 7.16. The van der Waals surface area contributed by atoms with E-state index in [9.17, 15) is 13.2 Å². The molecule has 0 saturated heterocycles. The van der Waals surface area contributed by atoms with Crippen LogP contribution in [-0.2, 0) is 0 Å². The van der Waals surface area contributed by atoms with Gasteiger partial charge < -0.3 is 5.73 Å². The van der Waals surface area contributed by atoms with Gasteiger partial charge in [0.05, 0.1) is 16.9 Å². The molecule has 0 aliphatic carbocycles. The number of alkyl halides is 3. The summed E-state index contributed by atoms with van der Waals surface area (Å²) in [6.45, 7) is 4.20. The van der Waals surface area contributed by atoms with E-state index in [0.717, 1.165) is 4.88 Å². The lowest BCUT2D eigenvalue weighted by molar-refractivity contribution is -0.156. The van der Waals surface area contributed by atoms with Gasteiger partial charge in [-0.1, -0.05) is 11.6 Å². The molecule has 7 heteroatoms. The maximum atomic E-state index is 12.7. The first-order valence-corrected chi connectivity index (χ1v) is 7.14. The Morgan fingerprint density at radius 1 is 1.32 bits per heavy atom. The van der Waals surface area contributed by atoms with E-state index >= 15 is 0 Å². The molecule has 0 aliphatic rings. The van der Waals surface area contributed by atoms with Crippen LogP contribution in [0, 0.1) is 0 Å². The van der Waals surface area contributed by atoms with Crippen LogP contribution in [0.1, 0.15) is 31.7 Å². The average molecular weight is 315 g/mol. The molecule has 0 bridgehead atoms. The topological polar surface area (TPSA) is 29.3 Å². The molecule has 2 atom stereocenters. The molecular weight excluding hydrogens is 297 g/mol. The first-order valence-electron chi connectivity index (χ1n) is 5.95. The van der Waals surface area contributed by atoms with E-state index in [0.29, 0.717) is 4.34 Å². The van der Waals surface area contributed by atoms with Crippen molar-refractivity contribution < 1.29 is 13.2 Å². The first kappa shape index (κ1) is 16.8. The third-order valence-corrected chi connectivity index (χ3v) is 4.07. The van der Waals surface area contributed by atoms with Gasteiger partial charge in [-0.2, -0.15) is 13.2 Å². The minimum Gasteiger partial charge on any atom is -0.326 e. The van der Waals surface area contributed by atoms with E-state index in [1.807, 2.05) is 0 Å². The monoisotopic (exact) mass is 314 g/mol. The summed E-state index contributed by atoms with van der Waals surface area (Å²) < 4.78 is 38.7. The van der Waals surface area contributed by atoms with E-state index in [2.05, 4.69) is 0 Å². The highest BCUT2D eigenvalue weighted by atomic mass is 35.5. The molecular formula is C12H18ClF3N2S. The minimum atomic E-state index is -4.25. The van der Waals surface area contributed by atoms with Crippen molar-refractivity contribution in [1.29, 1.82) is 0 Å². The number of halogens is 4. The van der Waals surface area contributed by atoms with Crippen LogP contribution >= 0.6 is 22.9 Å². The molecule has 110 valence electrons. The summed E-state index contributed by atoms with van der Waals surface area (Å²) in [5, 5.41) is 0. The summed E-state index contributed by atoms with van der Waals surface area (Å²) in [6.07, 6.45) is -4.25. The van der Waals surface area contributed by atoms with Crippen LogP contribution in [0.25, 0.3) is 0 Å². The van der Waals surface area contributed by atoms with Crippen LogP contribution in [0.3, 0.4) is 0 Å². The van der Waals surface area contributed by atoms with Gasteiger partial charge in [-0.25, -0.2) is 0 Å². The smallest absolute Gasteiger partial charge is 0.326 e. The Bertz CT molecular complexity index is 404. The molecule has 1 aromatic heterocycles. The fourth-order valence-electron chi connectivity index (χ4n) is 2.02. The van der Waals surface area contributed by atoms with E-state index in [1.54, 1.807) is 32.9 Å². The Morgan fingerprint density at radius 2 is 1.89 bits per heavy atom. The molecule has 1 aromatic rings. The largest absolute Gasteiger partial charge is 0.401 e. The Hall–Kier alpha value is -0.300. The molecule has 2 unspecified atom stereocenters. The number of hydrogen-bond donors (Lipinski definition) is 1. The fraction of sp³-hybridized carbons (Fsp3) is 0.667. The summed E-state index contributed by atoms with van der Waals surface area (Å²) in [5.41, 5.74) is 5.89. The van der Waals surface area contributed by atoms with Gasteiger partial charge in [0.1, 0.15) is 0 Å². The van der Waals surface area contributed by atoms with Gasteiger partial charge in [0, 0.05) is 17.0 Å². The highest BCUT2D eigenvalue weighted by Gasteiger charge is 2.37. The SMILES string of the molecule is CC(N)C(c1ccc(Cl)s1)N(CC(F)(F)F)C(C)C. The van der Waals surface area contributed by atoms with Crippen molar-refractivity contribution in [2.75, 3.05) is 6.54 Å². The van der Waals surface area contributed by atoms with Crippen molar-refractivity contribution in [1.82, 2.24) is 4.90 Å². The lowest BCUT2D eigenvalue weighted by Crippen LogP contribution is -2.47. The minimum absolute atomic E-state index is 0.265. The van der Waals surface area contributed by atoms with Crippen LogP contribution in [0.5, 0.6) is 0 Å². The van der Waals surface area contributed by atoms with Gasteiger partial charge in [-0.15, -0.1) is 11.3 Å². The maximum absolute atomic E-state index is 12.7. The second-order valence-electron chi connectivity index (χ2n) is 4.83. The zero-order valence-electron chi connectivity index (χ0n) is 11.0. The van der Waals surface area contributed by atoms with Crippen LogP contribution in [0.2, 0.25) is 4.34 Å². The Morgan fingerprint density at radius 3 is 2.21 bits per heavy atom. The average Bonchev–Trinajstić information content (AvgIpc) is 2.61. The predicted octanol–water partition coefficient (Wildman–Crippen LogP) is 4.06. The molecule has 2 nitrogen and oxygen atoms in total. The van der Waals surface area contributed by atoms with E-state index in [-0.39, 0.29) is 6.04 Å². The molecule has 19 heavy (non-hydrogen) atoms. The summed E-state index contributed by atoms with van der Waals surface area (Å²) in [6, 6.07) is 2.26. The maximum Gasteiger partial charge on any atom is 0.401 e. The van der Waals surface area contributed by atoms with Gasteiger partial charge in [0.2, 0.25) is 0 Å². The Labute approximate surface area is 120 Å². The van der Waals surface area contributed by atoms with Crippen molar-refractivity contribution in [2.24, 2.45) is 5.73 Å². The van der Waals surface area contributed by atoms with Crippen LogP contribution in [0.4, 0.5) is 13.2 Å². The van der Waals surface area contributed by atoms with Crippen LogP contribution in [-0.4, -0.2) is 29.7 Å². The van der Waals surface area contributed by atoms with Crippen LogP contribution in [0.15, 0.2) is 12.1 Å². The molecule has 0 radical (unpaired) electrons. The van der Waals surface area contributed by atoms with Gasteiger partial charge in [-0.05, 0) is 32.9 Å². The van der Waals surface area contributed by atoms with Crippen molar-refractivity contribution in [3.05, 3.63) is 21.3 Å². The van der Waals surface area contributed by atoms with Crippen molar-refractivity contribution in [3.8, 4) is 0 Å². The molecule has 0 saturated carbocycles. The summed E-state index contributed by atoms with van der Waals surface area (Å²) in [7, 11) is 0. The van der Waals surface area contributed by atoms with Crippen molar-refractivity contribution in [3.63, 3.8) is 0 Å². The quantitative estimate of drug-likeness (QED) is 0.888. The lowest BCUT2D eigenvalue weighted by Gasteiger charge is -2.37. The number of nitrogens with two attached hydrogens (primary N) is 1. The third kappa shape index (κ3) is 4.95. The Kier molecular flexibility index (Phi) is 5.67. The fourth-order valence-corrected chi connectivity index (χ4v) is 3.32. The molecule has 0 amide bonds. The van der Waals surface area contributed by atoms with E-state index in [4.69, 9.17) is 17.3 Å². The van der Waals surface area contributed by atoms with E-state index < -0.39 is 24.8 Å². The lowest BCUT2D eigenvalue weighted by atomic mass is 10.1. The summed E-state index contributed by atoms with van der Waals surface area (Å²) >= 11 is 7.14. The molecule has 0 spiro atoms. The molecule has 1 heterocycles.